The molecule has 19 heavy (non-hydrogen) atoms. The van der Waals surface area contributed by atoms with Crippen molar-refractivity contribution in [1.29, 1.82) is 0 Å². The van der Waals surface area contributed by atoms with E-state index in [1.54, 1.807) is 11.8 Å². The second-order valence-electron chi connectivity index (χ2n) is 4.65. The molecule has 0 radical (unpaired) electrons. The molecule has 1 aromatic rings. The first kappa shape index (κ1) is 14.2. The van der Waals surface area contributed by atoms with Crippen LogP contribution in [0, 0.1) is 0 Å². The number of anilines is 1. The summed E-state index contributed by atoms with van der Waals surface area (Å²) < 4.78 is 0. The third-order valence-corrected chi connectivity index (χ3v) is 4.04. The molecule has 1 aromatic heterocycles. The van der Waals surface area contributed by atoms with E-state index in [4.69, 9.17) is 0 Å². The summed E-state index contributed by atoms with van der Waals surface area (Å²) in [7, 11) is 0. The monoisotopic (exact) mass is 279 g/mol. The Labute approximate surface area is 119 Å². The van der Waals surface area contributed by atoms with Gasteiger partial charge >= 0.3 is 0 Å². The van der Waals surface area contributed by atoms with Gasteiger partial charge in [-0.1, -0.05) is 6.07 Å². The molecule has 2 heterocycles. The second kappa shape index (κ2) is 7.38. The Morgan fingerprint density at radius 1 is 1.32 bits per heavy atom. The van der Waals surface area contributed by atoms with E-state index in [2.05, 4.69) is 16.1 Å². The molecule has 0 atom stereocenters. The maximum atomic E-state index is 12.0. The Balaban J connectivity index is 1.77. The maximum Gasteiger partial charge on any atom is 0.222 e. The number of rotatable bonds is 5. The summed E-state index contributed by atoms with van der Waals surface area (Å²) in [6.07, 6.45) is 5.57. The van der Waals surface area contributed by atoms with E-state index in [-0.39, 0.29) is 0 Å². The molecule has 0 aliphatic carbocycles. The molecule has 0 unspecified atom stereocenters. The van der Waals surface area contributed by atoms with E-state index in [9.17, 15) is 4.79 Å². The molecule has 0 spiro atoms. The van der Waals surface area contributed by atoms with Crippen molar-refractivity contribution in [3.63, 3.8) is 0 Å². The number of carbonyl (C=O) groups is 1. The van der Waals surface area contributed by atoms with Gasteiger partial charge in [-0.05, 0) is 30.6 Å². The summed E-state index contributed by atoms with van der Waals surface area (Å²) >= 11 is 1.80. The third-order valence-electron chi connectivity index (χ3n) is 3.34. The fourth-order valence-corrected chi connectivity index (χ4v) is 2.68. The largest absolute Gasteiger partial charge is 0.353 e. The van der Waals surface area contributed by atoms with E-state index < -0.39 is 0 Å². The van der Waals surface area contributed by atoms with Crippen LogP contribution in [0.3, 0.4) is 0 Å². The highest BCUT2D eigenvalue weighted by Gasteiger charge is 2.21. The number of piperazine rings is 1. The number of nitrogens with zero attached hydrogens (tertiary/aromatic N) is 3. The number of pyridine rings is 1. The van der Waals surface area contributed by atoms with Crippen LogP contribution in [0.1, 0.15) is 12.8 Å². The van der Waals surface area contributed by atoms with Gasteiger partial charge in [-0.25, -0.2) is 4.98 Å². The zero-order valence-electron chi connectivity index (χ0n) is 11.4. The van der Waals surface area contributed by atoms with Gasteiger partial charge in [-0.3, -0.25) is 4.79 Å². The minimum absolute atomic E-state index is 0.301. The molecule has 0 saturated carbocycles. The van der Waals surface area contributed by atoms with Gasteiger partial charge in [0.15, 0.2) is 0 Å². The lowest BCUT2D eigenvalue weighted by atomic mass is 10.2. The van der Waals surface area contributed by atoms with Crippen LogP contribution in [0.25, 0.3) is 0 Å². The minimum Gasteiger partial charge on any atom is -0.353 e. The maximum absolute atomic E-state index is 12.0. The number of hydrogen-bond acceptors (Lipinski definition) is 4. The van der Waals surface area contributed by atoms with Gasteiger partial charge in [-0.2, -0.15) is 11.8 Å². The van der Waals surface area contributed by atoms with Gasteiger partial charge in [-0.15, -0.1) is 0 Å². The topological polar surface area (TPSA) is 36.4 Å². The summed E-state index contributed by atoms with van der Waals surface area (Å²) in [6, 6.07) is 5.95. The number of amides is 1. The first-order valence-electron chi connectivity index (χ1n) is 6.74. The lowest BCUT2D eigenvalue weighted by Gasteiger charge is -2.35. The van der Waals surface area contributed by atoms with E-state index in [0.29, 0.717) is 12.3 Å². The van der Waals surface area contributed by atoms with E-state index in [1.165, 1.54) is 0 Å². The first-order chi connectivity index (χ1) is 9.31. The van der Waals surface area contributed by atoms with Crippen molar-refractivity contribution in [2.24, 2.45) is 0 Å². The van der Waals surface area contributed by atoms with Gasteiger partial charge in [0, 0.05) is 38.8 Å². The Kier molecular flexibility index (Phi) is 5.51. The molecule has 104 valence electrons. The Hall–Kier alpha value is -1.23. The van der Waals surface area contributed by atoms with Crippen molar-refractivity contribution in [2.75, 3.05) is 43.1 Å². The van der Waals surface area contributed by atoms with E-state index in [0.717, 1.165) is 44.2 Å². The molecule has 1 aliphatic rings. The number of carbonyl (C=O) groups excluding carboxylic acids is 1. The highest BCUT2D eigenvalue weighted by molar-refractivity contribution is 7.98. The van der Waals surface area contributed by atoms with Gasteiger partial charge in [0.25, 0.3) is 0 Å². The lowest BCUT2D eigenvalue weighted by molar-refractivity contribution is -0.131. The molecule has 0 aromatic carbocycles. The molecule has 5 heteroatoms. The summed E-state index contributed by atoms with van der Waals surface area (Å²) in [5.74, 6) is 2.38. The van der Waals surface area contributed by atoms with Gasteiger partial charge in [0.1, 0.15) is 5.82 Å². The highest BCUT2D eigenvalue weighted by Crippen LogP contribution is 2.13. The van der Waals surface area contributed by atoms with Gasteiger partial charge < -0.3 is 9.80 Å². The fraction of sp³-hybridized carbons (Fsp3) is 0.571. The fourth-order valence-electron chi connectivity index (χ4n) is 2.25. The number of aromatic nitrogens is 1. The van der Waals surface area contributed by atoms with Crippen molar-refractivity contribution in [2.45, 2.75) is 12.8 Å². The molecular formula is C14H21N3OS. The highest BCUT2D eigenvalue weighted by atomic mass is 32.2. The van der Waals surface area contributed by atoms with Crippen LogP contribution in [0.15, 0.2) is 24.4 Å². The van der Waals surface area contributed by atoms with Crippen LogP contribution >= 0.6 is 11.8 Å². The quantitative estimate of drug-likeness (QED) is 0.771. The predicted octanol–water partition coefficient (Wildman–Crippen LogP) is 1.87. The smallest absolute Gasteiger partial charge is 0.222 e. The first-order valence-corrected chi connectivity index (χ1v) is 8.13. The standard InChI is InChI=1S/C14H21N3OS/c1-19-12-4-6-14(18)17-10-8-16(9-11-17)13-5-2-3-7-15-13/h2-3,5,7H,4,6,8-12H2,1H3. The average Bonchev–Trinajstić information content (AvgIpc) is 2.48. The average molecular weight is 279 g/mol. The molecule has 1 aliphatic heterocycles. The van der Waals surface area contributed by atoms with E-state index in [1.807, 2.05) is 29.3 Å². The lowest BCUT2D eigenvalue weighted by Crippen LogP contribution is -2.49. The summed E-state index contributed by atoms with van der Waals surface area (Å²) in [5, 5.41) is 0. The van der Waals surface area contributed by atoms with Crippen molar-refractivity contribution in [3.05, 3.63) is 24.4 Å². The zero-order chi connectivity index (χ0) is 13.5. The third kappa shape index (κ3) is 4.13. The molecule has 0 bridgehead atoms. The van der Waals surface area contributed by atoms with Crippen LogP contribution in [0.4, 0.5) is 5.82 Å². The van der Waals surface area contributed by atoms with Crippen molar-refractivity contribution >= 4 is 23.5 Å². The summed E-state index contributed by atoms with van der Waals surface area (Å²) in [5.41, 5.74) is 0. The Bertz CT molecular complexity index is 391. The molecule has 2 rings (SSSR count). The van der Waals surface area contributed by atoms with Gasteiger partial charge in [0.2, 0.25) is 5.91 Å². The van der Waals surface area contributed by atoms with Crippen LogP contribution in [-0.2, 0) is 4.79 Å². The molecule has 0 N–H and O–H groups in total. The van der Waals surface area contributed by atoms with Gasteiger partial charge in [0.05, 0.1) is 0 Å². The number of thioether (sulfide) groups is 1. The van der Waals surface area contributed by atoms with E-state index >= 15 is 0 Å². The van der Waals surface area contributed by atoms with Crippen LogP contribution in [-0.4, -0.2) is 54.0 Å². The van der Waals surface area contributed by atoms with Crippen LogP contribution in [0.2, 0.25) is 0 Å². The van der Waals surface area contributed by atoms with Crippen LogP contribution < -0.4 is 4.90 Å². The molecule has 1 fully saturated rings. The van der Waals surface area contributed by atoms with Crippen molar-refractivity contribution < 1.29 is 4.79 Å². The second-order valence-corrected chi connectivity index (χ2v) is 5.64. The van der Waals surface area contributed by atoms with Crippen molar-refractivity contribution in [3.8, 4) is 0 Å². The molecular weight excluding hydrogens is 258 g/mol. The zero-order valence-corrected chi connectivity index (χ0v) is 12.2. The van der Waals surface area contributed by atoms with Crippen LogP contribution in [0.5, 0.6) is 0 Å². The summed E-state index contributed by atoms with van der Waals surface area (Å²) in [6.45, 7) is 3.39. The Morgan fingerprint density at radius 2 is 2.11 bits per heavy atom. The molecule has 1 amide bonds. The summed E-state index contributed by atoms with van der Waals surface area (Å²) in [4.78, 5) is 20.6. The predicted molar refractivity (Wildman–Crippen MR) is 80.6 cm³/mol. The SMILES string of the molecule is CSCCCC(=O)N1CCN(c2ccccn2)CC1. The Morgan fingerprint density at radius 3 is 2.74 bits per heavy atom. The van der Waals surface area contributed by atoms with Crippen molar-refractivity contribution in [1.82, 2.24) is 9.88 Å². The molecule has 1 saturated heterocycles. The normalized spacial score (nSPS) is 15.6. The minimum atomic E-state index is 0.301. The number of hydrogen-bond donors (Lipinski definition) is 0. The molecule has 4 nitrogen and oxygen atoms in total.